The van der Waals surface area contributed by atoms with Crippen molar-refractivity contribution in [3.8, 4) is 0 Å². The summed E-state index contributed by atoms with van der Waals surface area (Å²) in [6.07, 6.45) is 1.26. The van der Waals surface area contributed by atoms with Gasteiger partial charge in [0.15, 0.2) is 0 Å². The van der Waals surface area contributed by atoms with Gasteiger partial charge in [-0.25, -0.2) is 13.2 Å². The predicted molar refractivity (Wildman–Crippen MR) is 62.6 cm³/mol. The monoisotopic (exact) mass is 253 g/mol. The molecule has 0 radical (unpaired) electrons. The zero-order valence-electron chi connectivity index (χ0n) is 9.80. The van der Waals surface area contributed by atoms with Crippen molar-refractivity contribution in [3.05, 3.63) is 48.3 Å². The quantitative estimate of drug-likeness (QED) is 0.805. The third-order valence-electron chi connectivity index (χ3n) is 4.74. The second-order valence-corrected chi connectivity index (χ2v) is 5.39. The Morgan fingerprint density at radius 3 is 2.50 bits per heavy atom. The van der Waals surface area contributed by atoms with E-state index in [1.807, 2.05) is 0 Å². The highest BCUT2D eigenvalue weighted by atomic mass is 19.3. The Morgan fingerprint density at radius 2 is 2.00 bits per heavy atom. The van der Waals surface area contributed by atoms with Crippen LogP contribution < -0.4 is 5.73 Å². The standard InChI is InChI=1S/C14H14F3N/c1-2-12-8-14(16,17)11(12)7-13(12,18)9-5-3-4-6-10(9)15/h2-6,11H,1,7-8,18H2. The van der Waals surface area contributed by atoms with Crippen LogP contribution in [0.2, 0.25) is 0 Å². The van der Waals surface area contributed by atoms with Crippen molar-refractivity contribution in [1.29, 1.82) is 0 Å². The highest BCUT2D eigenvalue weighted by Gasteiger charge is 2.79. The van der Waals surface area contributed by atoms with Gasteiger partial charge in [0.2, 0.25) is 0 Å². The molecule has 0 aliphatic heterocycles. The lowest BCUT2D eigenvalue weighted by Crippen LogP contribution is -2.77. The first-order chi connectivity index (χ1) is 8.37. The topological polar surface area (TPSA) is 26.0 Å². The molecule has 3 rings (SSSR count). The molecule has 0 amide bonds. The molecule has 2 aliphatic rings. The fourth-order valence-corrected chi connectivity index (χ4v) is 3.64. The normalized spacial score (nSPS) is 40.3. The fourth-order valence-electron chi connectivity index (χ4n) is 3.64. The molecule has 18 heavy (non-hydrogen) atoms. The zero-order valence-corrected chi connectivity index (χ0v) is 9.80. The Labute approximate surface area is 103 Å². The molecule has 2 N–H and O–H groups in total. The molecular weight excluding hydrogens is 239 g/mol. The summed E-state index contributed by atoms with van der Waals surface area (Å²) in [5, 5.41) is 0. The number of benzene rings is 1. The van der Waals surface area contributed by atoms with Crippen LogP contribution in [-0.4, -0.2) is 5.92 Å². The maximum atomic E-state index is 13.8. The molecule has 96 valence electrons. The van der Waals surface area contributed by atoms with Crippen LogP contribution in [0.4, 0.5) is 13.2 Å². The van der Waals surface area contributed by atoms with Crippen LogP contribution >= 0.6 is 0 Å². The number of rotatable bonds is 2. The minimum absolute atomic E-state index is 0.104. The smallest absolute Gasteiger partial charge is 0.252 e. The van der Waals surface area contributed by atoms with Crippen LogP contribution in [0.25, 0.3) is 0 Å². The largest absolute Gasteiger partial charge is 0.321 e. The van der Waals surface area contributed by atoms with Crippen molar-refractivity contribution >= 4 is 0 Å². The van der Waals surface area contributed by atoms with Gasteiger partial charge in [-0.3, -0.25) is 0 Å². The lowest BCUT2D eigenvalue weighted by Gasteiger charge is -2.71. The van der Waals surface area contributed by atoms with Crippen LogP contribution in [0.15, 0.2) is 36.9 Å². The number of hydrogen-bond acceptors (Lipinski definition) is 1. The molecule has 1 aromatic carbocycles. The van der Waals surface area contributed by atoms with Crippen LogP contribution in [-0.2, 0) is 5.54 Å². The number of alkyl halides is 2. The van der Waals surface area contributed by atoms with E-state index in [-0.39, 0.29) is 12.8 Å². The van der Waals surface area contributed by atoms with E-state index in [0.717, 1.165) is 0 Å². The molecule has 2 saturated carbocycles. The van der Waals surface area contributed by atoms with E-state index >= 15 is 0 Å². The van der Waals surface area contributed by atoms with E-state index < -0.39 is 28.6 Å². The summed E-state index contributed by atoms with van der Waals surface area (Å²) in [6, 6.07) is 6.13. The van der Waals surface area contributed by atoms with Crippen molar-refractivity contribution in [3.63, 3.8) is 0 Å². The number of fused-ring (bicyclic) bond motifs is 1. The first-order valence-electron chi connectivity index (χ1n) is 5.93. The molecule has 1 aromatic rings. The third-order valence-corrected chi connectivity index (χ3v) is 4.74. The molecule has 3 unspecified atom stereocenters. The second-order valence-electron chi connectivity index (χ2n) is 5.39. The minimum atomic E-state index is -2.69. The van der Waals surface area contributed by atoms with Gasteiger partial charge in [-0.05, 0) is 12.5 Å². The molecule has 0 bridgehead atoms. The number of nitrogens with two attached hydrogens (primary N) is 1. The first-order valence-corrected chi connectivity index (χ1v) is 5.93. The van der Waals surface area contributed by atoms with Crippen molar-refractivity contribution in [2.75, 3.05) is 0 Å². The summed E-state index contributed by atoms with van der Waals surface area (Å²) < 4.78 is 40.7. The van der Waals surface area contributed by atoms with Crippen molar-refractivity contribution in [2.24, 2.45) is 17.1 Å². The Balaban J connectivity index is 2.05. The van der Waals surface area contributed by atoms with E-state index in [2.05, 4.69) is 6.58 Å². The van der Waals surface area contributed by atoms with Gasteiger partial charge in [0.05, 0.1) is 5.54 Å². The number of halogens is 3. The van der Waals surface area contributed by atoms with E-state index in [1.165, 1.54) is 12.1 Å². The van der Waals surface area contributed by atoms with Gasteiger partial charge in [0.25, 0.3) is 5.92 Å². The molecule has 4 heteroatoms. The molecule has 1 nitrogen and oxygen atoms in total. The molecule has 2 fully saturated rings. The summed E-state index contributed by atoms with van der Waals surface area (Å²) in [4.78, 5) is 0. The summed E-state index contributed by atoms with van der Waals surface area (Å²) in [6.45, 7) is 3.64. The van der Waals surface area contributed by atoms with E-state index in [1.54, 1.807) is 18.2 Å². The minimum Gasteiger partial charge on any atom is -0.321 e. The van der Waals surface area contributed by atoms with Gasteiger partial charge < -0.3 is 5.73 Å². The third kappa shape index (κ3) is 1.08. The van der Waals surface area contributed by atoms with E-state index in [0.29, 0.717) is 5.56 Å². The summed E-state index contributed by atoms with van der Waals surface area (Å²) in [5.74, 6) is -3.93. The van der Waals surface area contributed by atoms with Gasteiger partial charge in [-0.15, -0.1) is 6.58 Å². The maximum Gasteiger partial charge on any atom is 0.252 e. The Morgan fingerprint density at radius 1 is 1.33 bits per heavy atom. The van der Waals surface area contributed by atoms with Gasteiger partial charge >= 0.3 is 0 Å². The fraction of sp³-hybridized carbons (Fsp3) is 0.429. The molecule has 0 saturated heterocycles. The summed E-state index contributed by atoms with van der Waals surface area (Å²) >= 11 is 0. The lowest BCUT2D eigenvalue weighted by molar-refractivity contribution is -0.297. The van der Waals surface area contributed by atoms with Gasteiger partial charge in [-0.2, -0.15) is 0 Å². The Hall–Kier alpha value is -1.29. The lowest BCUT2D eigenvalue weighted by atomic mass is 9.36. The first kappa shape index (κ1) is 11.8. The SMILES string of the molecule is C=CC12CC(F)(F)C1CC2(N)c1ccccc1F. The molecule has 3 atom stereocenters. The summed E-state index contributed by atoms with van der Waals surface area (Å²) in [5.41, 5.74) is 4.64. The van der Waals surface area contributed by atoms with Crippen LogP contribution in [0.1, 0.15) is 18.4 Å². The van der Waals surface area contributed by atoms with Crippen molar-refractivity contribution in [1.82, 2.24) is 0 Å². The second kappa shape index (κ2) is 3.18. The van der Waals surface area contributed by atoms with Gasteiger partial charge in [-0.1, -0.05) is 24.3 Å². The van der Waals surface area contributed by atoms with Crippen molar-refractivity contribution < 1.29 is 13.2 Å². The molecule has 0 spiro atoms. The van der Waals surface area contributed by atoms with E-state index in [4.69, 9.17) is 5.73 Å². The highest BCUT2D eigenvalue weighted by Crippen LogP contribution is 2.75. The number of hydrogen-bond donors (Lipinski definition) is 1. The van der Waals surface area contributed by atoms with Gasteiger partial charge in [0, 0.05) is 23.3 Å². The zero-order chi connectivity index (χ0) is 13.2. The Bertz CT molecular complexity index is 528. The van der Waals surface area contributed by atoms with Crippen molar-refractivity contribution in [2.45, 2.75) is 24.3 Å². The summed E-state index contributed by atoms with van der Waals surface area (Å²) in [7, 11) is 0. The molecule has 0 heterocycles. The Kier molecular flexibility index (Phi) is 2.08. The van der Waals surface area contributed by atoms with Gasteiger partial charge in [0.1, 0.15) is 5.82 Å². The molecule has 2 aliphatic carbocycles. The average Bonchev–Trinajstić information content (AvgIpc) is 2.33. The molecular formula is C14H14F3N. The van der Waals surface area contributed by atoms with Crippen LogP contribution in [0.5, 0.6) is 0 Å². The average molecular weight is 253 g/mol. The maximum absolute atomic E-state index is 13.8. The predicted octanol–water partition coefficient (Wildman–Crippen LogP) is 3.21. The van der Waals surface area contributed by atoms with Crippen LogP contribution in [0, 0.1) is 17.2 Å². The highest BCUT2D eigenvalue weighted by molar-refractivity contribution is 5.41. The van der Waals surface area contributed by atoms with E-state index in [9.17, 15) is 13.2 Å². The van der Waals surface area contributed by atoms with Crippen LogP contribution in [0.3, 0.4) is 0 Å². The molecule has 0 aromatic heterocycles.